The summed E-state index contributed by atoms with van der Waals surface area (Å²) in [5.41, 5.74) is 0. The van der Waals surface area contributed by atoms with Gasteiger partial charge in [-0.3, -0.25) is 9.89 Å². The van der Waals surface area contributed by atoms with E-state index in [2.05, 4.69) is 15.6 Å². The first-order valence-corrected chi connectivity index (χ1v) is 8.10. The first-order valence-electron chi connectivity index (χ1n) is 8.10. The third kappa shape index (κ3) is 9.12. The maximum Gasteiger partial charge on any atom is 0.401 e. The first kappa shape index (κ1) is 19.1. The van der Waals surface area contributed by atoms with Crippen LogP contribution in [0.3, 0.4) is 0 Å². The maximum atomic E-state index is 12.2. The van der Waals surface area contributed by atoms with Crippen molar-refractivity contribution in [2.24, 2.45) is 10.9 Å². The molecule has 0 aromatic carbocycles. The summed E-state index contributed by atoms with van der Waals surface area (Å²) in [5.74, 6) is 1.54. The first-order chi connectivity index (χ1) is 10.4. The van der Waals surface area contributed by atoms with E-state index >= 15 is 0 Å². The van der Waals surface area contributed by atoms with E-state index in [0.29, 0.717) is 19.0 Å². The average molecular weight is 322 g/mol. The standard InChI is InChI=1S/C15H29F3N4/c1-19-14(20-9-5-8-13-6-3-4-7-13)21-10-11-22(2)12-15(16,17)18/h13H,3-12H2,1-2H3,(H2,19,20,21). The summed E-state index contributed by atoms with van der Waals surface area (Å²) in [6, 6.07) is 0. The Bertz CT molecular complexity index is 325. The van der Waals surface area contributed by atoms with Crippen LogP contribution in [0, 0.1) is 5.92 Å². The lowest BCUT2D eigenvalue weighted by atomic mass is 10.0. The van der Waals surface area contributed by atoms with Crippen molar-refractivity contribution in [3.8, 4) is 0 Å². The van der Waals surface area contributed by atoms with Crippen LogP contribution in [0.4, 0.5) is 13.2 Å². The third-order valence-electron chi connectivity index (χ3n) is 4.02. The fraction of sp³-hybridized carbons (Fsp3) is 0.933. The quantitative estimate of drug-likeness (QED) is 0.410. The maximum absolute atomic E-state index is 12.2. The molecule has 130 valence electrons. The highest BCUT2D eigenvalue weighted by atomic mass is 19.4. The minimum Gasteiger partial charge on any atom is -0.356 e. The van der Waals surface area contributed by atoms with Crippen LogP contribution in [0.2, 0.25) is 0 Å². The van der Waals surface area contributed by atoms with E-state index in [1.165, 1.54) is 44.1 Å². The Hall–Kier alpha value is -0.980. The van der Waals surface area contributed by atoms with Gasteiger partial charge in [-0.2, -0.15) is 13.2 Å². The lowest BCUT2D eigenvalue weighted by molar-refractivity contribution is -0.142. The van der Waals surface area contributed by atoms with Gasteiger partial charge in [-0.1, -0.05) is 25.7 Å². The van der Waals surface area contributed by atoms with Crippen LogP contribution < -0.4 is 10.6 Å². The highest BCUT2D eigenvalue weighted by molar-refractivity contribution is 5.79. The zero-order valence-corrected chi connectivity index (χ0v) is 13.7. The van der Waals surface area contributed by atoms with E-state index < -0.39 is 12.7 Å². The van der Waals surface area contributed by atoms with Crippen molar-refractivity contribution in [3.05, 3.63) is 0 Å². The third-order valence-corrected chi connectivity index (χ3v) is 4.02. The van der Waals surface area contributed by atoms with Gasteiger partial charge in [0.25, 0.3) is 0 Å². The highest BCUT2D eigenvalue weighted by Gasteiger charge is 2.28. The molecule has 0 bridgehead atoms. The fourth-order valence-electron chi connectivity index (χ4n) is 2.87. The van der Waals surface area contributed by atoms with E-state index in [4.69, 9.17) is 0 Å². The van der Waals surface area contributed by atoms with Crippen LogP contribution in [-0.2, 0) is 0 Å². The second-order valence-corrected chi connectivity index (χ2v) is 6.07. The average Bonchev–Trinajstić information content (AvgIpc) is 2.92. The number of nitrogens with one attached hydrogen (secondary N) is 2. The van der Waals surface area contributed by atoms with Crippen LogP contribution in [0.15, 0.2) is 4.99 Å². The minimum absolute atomic E-state index is 0.322. The molecule has 22 heavy (non-hydrogen) atoms. The number of guanidine groups is 1. The van der Waals surface area contributed by atoms with Gasteiger partial charge in [-0.25, -0.2) is 0 Å². The molecule has 0 aliphatic heterocycles. The van der Waals surface area contributed by atoms with Crippen molar-refractivity contribution in [1.82, 2.24) is 15.5 Å². The molecule has 4 nitrogen and oxygen atoms in total. The Morgan fingerprint density at radius 2 is 1.82 bits per heavy atom. The molecule has 1 aliphatic rings. The molecule has 1 fully saturated rings. The second kappa shape index (κ2) is 9.92. The van der Waals surface area contributed by atoms with Crippen LogP contribution >= 0.6 is 0 Å². The lowest BCUT2D eigenvalue weighted by Gasteiger charge is -2.19. The fourth-order valence-corrected chi connectivity index (χ4v) is 2.87. The van der Waals surface area contributed by atoms with Crippen LogP contribution in [-0.4, -0.2) is 57.3 Å². The predicted molar refractivity (Wildman–Crippen MR) is 84.1 cm³/mol. The molecule has 0 aromatic heterocycles. The summed E-state index contributed by atoms with van der Waals surface area (Å²) in [5, 5.41) is 6.26. The topological polar surface area (TPSA) is 39.7 Å². The van der Waals surface area contributed by atoms with Crippen molar-refractivity contribution < 1.29 is 13.2 Å². The molecule has 1 aliphatic carbocycles. The van der Waals surface area contributed by atoms with Gasteiger partial charge in [0.2, 0.25) is 0 Å². The molecule has 1 saturated carbocycles. The van der Waals surface area contributed by atoms with Crippen LogP contribution in [0.5, 0.6) is 0 Å². The second-order valence-electron chi connectivity index (χ2n) is 6.07. The van der Waals surface area contributed by atoms with Crippen molar-refractivity contribution in [2.75, 3.05) is 40.3 Å². The molecule has 1 rings (SSSR count). The summed E-state index contributed by atoms with van der Waals surface area (Å²) >= 11 is 0. The molecule has 2 N–H and O–H groups in total. The Balaban J connectivity index is 2.06. The van der Waals surface area contributed by atoms with Gasteiger partial charge >= 0.3 is 6.18 Å². The van der Waals surface area contributed by atoms with Gasteiger partial charge in [-0.15, -0.1) is 0 Å². The van der Waals surface area contributed by atoms with Crippen LogP contribution in [0.1, 0.15) is 38.5 Å². The van der Waals surface area contributed by atoms with Crippen molar-refractivity contribution >= 4 is 5.96 Å². The molecule has 7 heteroatoms. The SMILES string of the molecule is CN=C(NCCCC1CCCC1)NCCN(C)CC(F)(F)F. The lowest BCUT2D eigenvalue weighted by Crippen LogP contribution is -2.42. The molecule has 0 saturated heterocycles. The summed E-state index contributed by atoms with van der Waals surface area (Å²) in [6.45, 7) is 0.730. The number of halogens is 3. The molecule has 0 amide bonds. The summed E-state index contributed by atoms with van der Waals surface area (Å²) in [6.07, 6.45) is 3.67. The summed E-state index contributed by atoms with van der Waals surface area (Å²) in [7, 11) is 3.14. The Kier molecular flexibility index (Phi) is 8.60. The van der Waals surface area contributed by atoms with E-state index in [1.807, 2.05) is 0 Å². The van der Waals surface area contributed by atoms with E-state index in [9.17, 15) is 13.2 Å². The molecule has 0 radical (unpaired) electrons. The molecule has 0 spiro atoms. The van der Waals surface area contributed by atoms with Gasteiger partial charge in [0, 0.05) is 26.7 Å². The number of aliphatic imine (C=N–C) groups is 1. The van der Waals surface area contributed by atoms with Gasteiger partial charge < -0.3 is 10.6 Å². The van der Waals surface area contributed by atoms with Crippen molar-refractivity contribution in [1.29, 1.82) is 0 Å². The minimum atomic E-state index is -4.14. The number of nitrogens with zero attached hydrogens (tertiary/aromatic N) is 2. The molecular formula is C15H29F3N4. The normalized spacial score (nSPS) is 17.3. The molecule has 0 aromatic rings. The number of rotatable bonds is 8. The Morgan fingerprint density at radius 3 is 2.41 bits per heavy atom. The Labute approximate surface area is 131 Å². The number of hydrogen-bond donors (Lipinski definition) is 2. The van der Waals surface area contributed by atoms with Gasteiger partial charge in [0.05, 0.1) is 6.54 Å². The van der Waals surface area contributed by atoms with E-state index in [-0.39, 0.29) is 0 Å². The molecule has 0 unspecified atom stereocenters. The molecule has 0 atom stereocenters. The number of alkyl halides is 3. The van der Waals surface area contributed by atoms with Gasteiger partial charge in [0.15, 0.2) is 5.96 Å². The number of likely N-dealkylation sites (N-methyl/N-ethyl adjacent to an activating group) is 1. The van der Waals surface area contributed by atoms with E-state index in [1.54, 1.807) is 7.05 Å². The van der Waals surface area contributed by atoms with Gasteiger partial charge in [0.1, 0.15) is 0 Å². The largest absolute Gasteiger partial charge is 0.401 e. The zero-order valence-electron chi connectivity index (χ0n) is 13.7. The summed E-state index contributed by atoms with van der Waals surface area (Å²) in [4.78, 5) is 5.33. The smallest absolute Gasteiger partial charge is 0.356 e. The van der Waals surface area contributed by atoms with Crippen molar-refractivity contribution in [3.63, 3.8) is 0 Å². The Morgan fingerprint density at radius 1 is 1.18 bits per heavy atom. The van der Waals surface area contributed by atoms with Gasteiger partial charge in [-0.05, 0) is 25.8 Å². The predicted octanol–water partition coefficient (Wildman–Crippen LogP) is 2.62. The molecular weight excluding hydrogens is 293 g/mol. The monoisotopic (exact) mass is 322 g/mol. The summed E-state index contributed by atoms with van der Waals surface area (Å²) < 4.78 is 36.6. The molecule has 0 heterocycles. The van der Waals surface area contributed by atoms with Crippen molar-refractivity contribution in [2.45, 2.75) is 44.7 Å². The zero-order chi connectivity index (χ0) is 16.4. The highest BCUT2D eigenvalue weighted by Crippen LogP contribution is 2.28. The van der Waals surface area contributed by atoms with Crippen LogP contribution in [0.25, 0.3) is 0 Å². The number of hydrogen-bond acceptors (Lipinski definition) is 2. The van der Waals surface area contributed by atoms with E-state index in [0.717, 1.165) is 18.9 Å².